The summed E-state index contributed by atoms with van der Waals surface area (Å²) in [6.07, 6.45) is 9.69. The lowest BCUT2D eigenvalue weighted by molar-refractivity contribution is -0.145. The molecule has 54 heavy (non-hydrogen) atoms. The van der Waals surface area contributed by atoms with Crippen molar-refractivity contribution in [2.45, 2.75) is 118 Å². The molecule has 2 saturated carbocycles. The largest absolute Gasteiger partial charge is 0.347 e. The van der Waals surface area contributed by atoms with E-state index in [1.54, 1.807) is 38.4 Å². The molecule has 7 amide bonds. The van der Waals surface area contributed by atoms with Gasteiger partial charge in [0.15, 0.2) is 0 Å². The average Bonchev–Trinajstić information content (AvgIpc) is 3.50. The van der Waals surface area contributed by atoms with E-state index < -0.39 is 83.0 Å². The van der Waals surface area contributed by atoms with E-state index in [0.29, 0.717) is 25.0 Å². The van der Waals surface area contributed by atoms with Crippen molar-refractivity contribution in [1.29, 1.82) is 0 Å². The van der Waals surface area contributed by atoms with Gasteiger partial charge in [0.25, 0.3) is 5.91 Å². The highest BCUT2D eigenvalue weighted by Crippen LogP contribution is 2.65. The van der Waals surface area contributed by atoms with Crippen LogP contribution >= 0.6 is 0 Å². The van der Waals surface area contributed by atoms with E-state index >= 15 is 0 Å². The standard InChI is InChI=1S/C40H63N7O7/c1-13-14-15-18-23(2)28(35(52)46(11)12)42-26(48)21-41-34(51)31(49)29(24-19-16-17-20-24)43-33(50)30-27-25(40(27,9)10)22-47(30)36(53)32(38(3,4)5)44-37(54)45-39(6,7)8/h13-15,18,24-25,27-30,32H,2,16-17,19-22H2,1,3-12H3,(H,41,51)(H,42,48)(H,43,50)(H2,44,45,54)/b14-13-,18-15-/t25?,27?,28-,29?,30-,32+/m0/s1. The number of rotatable bonds is 14. The topological polar surface area (TPSA) is 186 Å². The van der Waals surface area contributed by atoms with Crippen LogP contribution < -0.4 is 26.6 Å². The molecule has 1 heterocycles. The summed E-state index contributed by atoms with van der Waals surface area (Å²) < 4.78 is 0. The van der Waals surface area contributed by atoms with E-state index in [1.807, 2.05) is 62.3 Å². The molecule has 0 aromatic heterocycles. The molecule has 300 valence electrons. The maximum Gasteiger partial charge on any atom is 0.315 e. The van der Waals surface area contributed by atoms with Crippen molar-refractivity contribution in [3.63, 3.8) is 0 Å². The third kappa shape index (κ3) is 10.8. The van der Waals surface area contributed by atoms with E-state index in [0.717, 1.165) is 12.8 Å². The number of likely N-dealkylation sites (N-methyl/N-ethyl adjacent to an activating group) is 1. The second-order valence-electron chi connectivity index (χ2n) is 17.8. The predicted molar refractivity (Wildman–Crippen MR) is 207 cm³/mol. The van der Waals surface area contributed by atoms with Crippen molar-refractivity contribution < 1.29 is 33.6 Å². The molecule has 14 nitrogen and oxygen atoms in total. The van der Waals surface area contributed by atoms with Gasteiger partial charge in [-0.15, -0.1) is 0 Å². The van der Waals surface area contributed by atoms with E-state index in [9.17, 15) is 33.6 Å². The quantitative estimate of drug-likeness (QED) is 0.133. The summed E-state index contributed by atoms with van der Waals surface area (Å²) in [5, 5.41) is 13.5. The summed E-state index contributed by atoms with van der Waals surface area (Å²) in [6, 6.07) is -4.63. The highest BCUT2D eigenvalue weighted by Gasteiger charge is 2.70. The Bertz CT molecular complexity index is 1550. The lowest BCUT2D eigenvalue weighted by Gasteiger charge is -2.38. The van der Waals surface area contributed by atoms with Gasteiger partial charge in [-0.2, -0.15) is 0 Å². The van der Waals surface area contributed by atoms with Crippen LogP contribution in [-0.2, 0) is 28.8 Å². The zero-order chi connectivity index (χ0) is 40.9. The molecule has 14 heteroatoms. The molecule has 6 atom stereocenters. The minimum absolute atomic E-state index is 0.0431. The van der Waals surface area contributed by atoms with E-state index in [1.165, 1.54) is 9.80 Å². The molecule has 0 aromatic carbocycles. The lowest BCUT2D eigenvalue weighted by atomic mass is 9.85. The number of Topliss-reactive ketones (excluding diaryl/α,β-unsaturated/α-hetero) is 1. The van der Waals surface area contributed by atoms with Gasteiger partial charge >= 0.3 is 6.03 Å². The van der Waals surface area contributed by atoms with Gasteiger partial charge in [-0.25, -0.2) is 4.79 Å². The Balaban J connectivity index is 1.79. The molecule has 3 unspecified atom stereocenters. The Hall–Kier alpha value is -4.49. The van der Waals surface area contributed by atoms with Crippen LogP contribution in [0.15, 0.2) is 36.5 Å². The fraction of sp³-hybridized carbons (Fsp3) is 0.675. The molecule has 3 aliphatic rings. The number of ketones is 1. The number of hydrogen-bond donors (Lipinski definition) is 5. The number of nitrogens with one attached hydrogen (secondary N) is 5. The van der Waals surface area contributed by atoms with Crippen molar-refractivity contribution >= 4 is 41.4 Å². The number of amides is 7. The smallest absolute Gasteiger partial charge is 0.315 e. The highest BCUT2D eigenvalue weighted by molar-refractivity contribution is 6.38. The number of nitrogens with zero attached hydrogens (tertiary/aromatic N) is 2. The zero-order valence-corrected chi connectivity index (χ0v) is 34.1. The fourth-order valence-corrected chi connectivity index (χ4v) is 7.62. The Morgan fingerprint density at radius 2 is 1.54 bits per heavy atom. The molecule has 0 radical (unpaired) electrons. The van der Waals surface area contributed by atoms with Crippen LogP contribution in [0, 0.1) is 28.6 Å². The summed E-state index contributed by atoms with van der Waals surface area (Å²) in [6.45, 7) is 20.6. The van der Waals surface area contributed by atoms with Gasteiger partial charge in [0.2, 0.25) is 29.4 Å². The van der Waals surface area contributed by atoms with Gasteiger partial charge in [0, 0.05) is 26.2 Å². The van der Waals surface area contributed by atoms with Crippen molar-refractivity contribution in [1.82, 2.24) is 36.4 Å². The van der Waals surface area contributed by atoms with Crippen LogP contribution in [0.4, 0.5) is 4.79 Å². The van der Waals surface area contributed by atoms with Crippen molar-refractivity contribution in [3.8, 4) is 0 Å². The molecular formula is C40H63N7O7. The first-order chi connectivity index (χ1) is 24.9. The van der Waals surface area contributed by atoms with Crippen LogP contribution in [0.3, 0.4) is 0 Å². The zero-order valence-electron chi connectivity index (χ0n) is 34.1. The van der Waals surface area contributed by atoms with E-state index in [2.05, 4.69) is 33.2 Å². The molecule has 3 rings (SSSR count). The van der Waals surface area contributed by atoms with Crippen molar-refractivity contribution in [2.75, 3.05) is 27.2 Å². The van der Waals surface area contributed by atoms with Crippen LogP contribution in [0.2, 0.25) is 0 Å². The summed E-state index contributed by atoms with van der Waals surface area (Å²) in [7, 11) is 3.08. The molecule has 2 aliphatic carbocycles. The summed E-state index contributed by atoms with van der Waals surface area (Å²) in [5.74, 6) is -4.44. The molecule has 5 N–H and O–H groups in total. The minimum atomic E-state index is -1.17. The van der Waals surface area contributed by atoms with Crippen LogP contribution in [0.5, 0.6) is 0 Å². The third-order valence-electron chi connectivity index (χ3n) is 10.7. The van der Waals surface area contributed by atoms with E-state index in [4.69, 9.17) is 0 Å². The maximum atomic E-state index is 14.3. The number of fused-ring (bicyclic) bond motifs is 1. The molecule has 0 aromatic rings. The Labute approximate surface area is 320 Å². The van der Waals surface area contributed by atoms with Gasteiger partial charge in [0.05, 0.1) is 6.54 Å². The average molecular weight is 754 g/mol. The third-order valence-corrected chi connectivity index (χ3v) is 10.7. The van der Waals surface area contributed by atoms with Crippen LogP contribution in [0.1, 0.15) is 88.0 Å². The maximum absolute atomic E-state index is 14.3. The van der Waals surface area contributed by atoms with Gasteiger partial charge in [-0.3, -0.25) is 28.8 Å². The first-order valence-electron chi connectivity index (χ1n) is 18.9. The second-order valence-corrected chi connectivity index (χ2v) is 17.8. The Morgan fingerprint density at radius 3 is 2.07 bits per heavy atom. The minimum Gasteiger partial charge on any atom is -0.347 e. The van der Waals surface area contributed by atoms with Gasteiger partial charge in [0.1, 0.15) is 24.2 Å². The first kappa shape index (κ1) is 43.9. The first-order valence-corrected chi connectivity index (χ1v) is 18.9. The number of urea groups is 1. The summed E-state index contributed by atoms with van der Waals surface area (Å²) in [4.78, 5) is 97.3. The van der Waals surface area contributed by atoms with Gasteiger partial charge in [-0.05, 0) is 74.7 Å². The SMILES string of the molecule is C=C(/C=C\C=C/C)[C@H](NC(=O)CNC(=O)C(=O)C(NC(=O)[C@@H]1C2C(CN1C(=O)[C@@H](NC(=O)NC(C)(C)C)C(C)(C)C)C2(C)C)C1CCCC1)C(=O)N(C)C. The number of allylic oxidation sites excluding steroid dienone is 3. The highest BCUT2D eigenvalue weighted by atomic mass is 16.2. The van der Waals surface area contributed by atoms with Crippen molar-refractivity contribution in [3.05, 3.63) is 36.5 Å². The molecule has 1 aliphatic heterocycles. The number of piperidine rings is 1. The molecule has 0 bridgehead atoms. The Morgan fingerprint density at radius 1 is 0.926 bits per heavy atom. The van der Waals surface area contributed by atoms with E-state index in [-0.39, 0.29) is 23.2 Å². The monoisotopic (exact) mass is 753 g/mol. The normalized spacial score (nSPS) is 22.5. The lowest BCUT2D eigenvalue weighted by Crippen LogP contribution is -2.62. The number of carbonyl (C=O) groups excluding carboxylic acids is 7. The van der Waals surface area contributed by atoms with Gasteiger partial charge < -0.3 is 36.4 Å². The Kier molecular flexibility index (Phi) is 14.1. The summed E-state index contributed by atoms with van der Waals surface area (Å²) in [5.41, 5.74) is -1.14. The second kappa shape index (κ2) is 17.3. The van der Waals surface area contributed by atoms with Crippen molar-refractivity contribution in [2.24, 2.45) is 28.6 Å². The predicted octanol–water partition coefficient (Wildman–Crippen LogP) is 2.60. The summed E-state index contributed by atoms with van der Waals surface area (Å²) >= 11 is 0. The molecule has 3 fully saturated rings. The van der Waals surface area contributed by atoms with Gasteiger partial charge in [-0.1, -0.05) is 78.3 Å². The molecule has 1 saturated heterocycles. The number of likely N-dealkylation sites (tertiary alicyclic amines) is 1. The number of hydrogen-bond acceptors (Lipinski definition) is 7. The van der Waals surface area contributed by atoms with Crippen LogP contribution in [-0.4, -0.2) is 108 Å². The number of carbonyl (C=O) groups is 7. The molecular weight excluding hydrogens is 690 g/mol. The van der Waals surface area contributed by atoms with Crippen LogP contribution in [0.25, 0.3) is 0 Å². The molecule has 0 spiro atoms. The fourth-order valence-electron chi connectivity index (χ4n) is 7.62.